The van der Waals surface area contributed by atoms with E-state index in [0.29, 0.717) is 39.7 Å². The zero-order valence-electron chi connectivity index (χ0n) is 18.2. The smallest absolute Gasteiger partial charge is 0.282 e. The van der Waals surface area contributed by atoms with Crippen LogP contribution in [0, 0.1) is 6.92 Å². The Morgan fingerprint density at radius 1 is 1.03 bits per heavy atom. The van der Waals surface area contributed by atoms with Crippen LogP contribution in [-0.2, 0) is 6.61 Å². The highest BCUT2D eigenvalue weighted by atomic mass is 79.9. The van der Waals surface area contributed by atoms with Gasteiger partial charge in [-0.1, -0.05) is 70.0 Å². The van der Waals surface area contributed by atoms with Crippen LogP contribution in [0.1, 0.15) is 17.0 Å². The van der Waals surface area contributed by atoms with Gasteiger partial charge < -0.3 is 4.74 Å². The molecule has 34 heavy (non-hydrogen) atoms. The normalized spacial score (nSPS) is 11.5. The Hall–Kier alpha value is -3.48. The molecular formula is C27H19BrClN3O2. The van der Waals surface area contributed by atoms with Crippen LogP contribution in [0.15, 0.2) is 93.2 Å². The van der Waals surface area contributed by atoms with Gasteiger partial charge in [-0.2, -0.15) is 9.78 Å². The fraction of sp³-hybridized carbons (Fsp3) is 0.0741. The van der Waals surface area contributed by atoms with E-state index in [2.05, 4.69) is 44.2 Å². The fourth-order valence-corrected chi connectivity index (χ4v) is 4.38. The molecular weight excluding hydrogens is 514 g/mol. The van der Waals surface area contributed by atoms with Gasteiger partial charge in [-0.05, 0) is 59.7 Å². The molecule has 0 bridgehead atoms. The number of hydrogen-bond acceptors (Lipinski definition) is 4. The number of benzene rings is 4. The van der Waals surface area contributed by atoms with Gasteiger partial charge in [0.25, 0.3) is 5.56 Å². The summed E-state index contributed by atoms with van der Waals surface area (Å²) < 4.78 is 8.25. The van der Waals surface area contributed by atoms with Gasteiger partial charge in [0, 0.05) is 15.1 Å². The van der Waals surface area contributed by atoms with Crippen molar-refractivity contribution >= 4 is 55.4 Å². The predicted octanol–water partition coefficient (Wildman–Crippen LogP) is 6.74. The molecule has 168 valence electrons. The predicted molar refractivity (Wildman–Crippen MR) is 141 cm³/mol. The highest BCUT2D eigenvalue weighted by Gasteiger charge is 2.10. The molecule has 0 atom stereocenters. The Balaban J connectivity index is 1.48. The molecule has 0 radical (unpaired) electrons. The van der Waals surface area contributed by atoms with Gasteiger partial charge in [0.1, 0.15) is 18.2 Å². The maximum absolute atomic E-state index is 13.0. The maximum atomic E-state index is 13.0. The lowest BCUT2D eigenvalue weighted by atomic mass is 10.1. The van der Waals surface area contributed by atoms with Crippen LogP contribution in [0.3, 0.4) is 0 Å². The molecule has 4 aromatic carbocycles. The molecule has 0 fully saturated rings. The summed E-state index contributed by atoms with van der Waals surface area (Å²) in [5.74, 6) is 1.10. The van der Waals surface area contributed by atoms with Crippen LogP contribution in [0.2, 0.25) is 5.02 Å². The molecule has 0 saturated carbocycles. The molecule has 1 aromatic heterocycles. The summed E-state index contributed by atoms with van der Waals surface area (Å²) in [6.45, 7) is 2.13. The minimum Gasteiger partial charge on any atom is -0.488 e. The van der Waals surface area contributed by atoms with Crippen LogP contribution >= 0.6 is 27.5 Å². The second kappa shape index (κ2) is 9.41. The van der Waals surface area contributed by atoms with E-state index in [4.69, 9.17) is 16.3 Å². The van der Waals surface area contributed by atoms with Crippen LogP contribution in [0.4, 0.5) is 0 Å². The molecule has 0 aliphatic rings. The average Bonchev–Trinajstić information content (AvgIpc) is 2.84. The molecule has 7 heteroatoms. The van der Waals surface area contributed by atoms with E-state index in [-0.39, 0.29) is 5.56 Å². The van der Waals surface area contributed by atoms with E-state index in [9.17, 15) is 4.79 Å². The first-order valence-corrected chi connectivity index (χ1v) is 11.8. The molecule has 0 amide bonds. The number of nitrogens with zero attached hydrogens (tertiary/aromatic N) is 3. The molecule has 0 unspecified atom stereocenters. The molecule has 0 aliphatic heterocycles. The summed E-state index contributed by atoms with van der Waals surface area (Å²) >= 11 is 9.66. The third-order valence-corrected chi connectivity index (χ3v) is 6.25. The minimum absolute atomic E-state index is 0.250. The summed E-state index contributed by atoms with van der Waals surface area (Å²) in [7, 11) is 0. The highest BCUT2D eigenvalue weighted by molar-refractivity contribution is 9.10. The number of fused-ring (bicyclic) bond motifs is 2. The molecule has 5 rings (SSSR count). The van der Waals surface area contributed by atoms with Gasteiger partial charge in [-0.3, -0.25) is 4.79 Å². The summed E-state index contributed by atoms with van der Waals surface area (Å²) in [6.07, 6.45) is 1.57. The van der Waals surface area contributed by atoms with Gasteiger partial charge in [0.15, 0.2) is 0 Å². The van der Waals surface area contributed by atoms with Crippen molar-refractivity contribution in [1.29, 1.82) is 0 Å². The topological polar surface area (TPSA) is 56.5 Å². The van der Waals surface area contributed by atoms with Gasteiger partial charge in [-0.15, -0.1) is 0 Å². The lowest BCUT2D eigenvalue weighted by molar-refractivity contribution is 0.307. The molecule has 5 aromatic rings. The second-order valence-electron chi connectivity index (χ2n) is 7.79. The van der Waals surface area contributed by atoms with Gasteiger partial charge in [0.05, 0.1) is 17.1 Å². The first-order chi connectivity index (χ1) is 16.5. The first-order valence-electron chi connectivity index (χ1n) is 10.6. The van der Waals surface area contributed by atoms with Crippen molar-refractivity contribution in [2.75, 3.05) is 0 Å². The lowest BCUT2D eigenvalue weighted by Gasteiger charge is -2.12. The maximum Gasteiger partial charge on any atom is 0.282 e. The summed E-state index contributed by atoms with van der Waals surface area (Å²) in [5.41, 5.74) is 2.11. The van der Waals surface area contributed by atoms with Crippen molar-refractivity contribution in [1.82, 2.24) is 9.66 Å². The number of hydrogen-bond donors (Lipinski definition) is 0. The lowest BCUT2D eigenvalue weighted by Crippen LogP contribution is -2.20. The summed E-state index contributed by atoms with van der Waals surface area (Å²) in [4.78, 5) is 17.5. The van der Waals surface area contributed by atoms with Gasteiger partial charge in [-0.25, -0.2) is 4.98 Å². The number of aryl methyl sites for hydroxylation is 1. The van der Waals surface area contributed by atoms with E-state index in [1.54, 1.807) is 43.5 Å². The van der Waals surface area contributed by atoms with Crippen molar-refractivity contribution in [3.63, 3.8) is 0 Å². The molecule has 0 aliphatic carbocycles. The molecule has 0 N–H and O–H groups in total. The van der Waals surface area contributed by atoms with E-state index < -0.39 is 0 Å². The van der Waals surface area contributed by atoms with E-state index in [1.165, 1.54) is 4.68 Å². The molecule has 5 nitrogen and oxygen atoms in total. The van der Waals surface area contributed by atoms with Crippen LogP contribution < -0.4 is 10.3 Å². The average molecular weight is 533 g/mol. The molecule has 0 saturated heterocycles. The third-order valence-electron chi connectivity index (χ3n) is 5.52. The van der Waals surface area contributed by atoms with E-state index in [0.717, 1.165) is 20.8 Å². The molecule has 0 spiro atoms. The van der Waals surface area contributed by atoms with Crippen molar-refractivity contribution < 1.29 is 4.74 Å². The number of ether oxygens (including phenoxy) is 1. The van der Waals surface area contributed by atoms with Gasteiger partial charge in [0.2, 0.25) is 0 Å². The fourth-order valence-electron chi connectivity index (χ4n) is 3.84. The Morgan fingerprint density at radius 3 is 2.74 bits per heavy atom. The SMILES string of the molecule is Cc1nc2ccc(Br)cc2c(=O)n1N=Cc1cc(Cl)ccc1OCc1cccc2ccccc12. The Bertz CT molecular complexity index is 1620. The Morgan fingerprint density at radius 2 is 1.85 bits per heavy atom. The van der Waals surface area contributed by atoms with Gasteiger partial charge >= 0.3 is 0 Å². The van der Waals surface area contributed by atoms with Crippen LogP contribution in [0.5, 0.6) is 5.75 Å². The van der Waals surface area contributed by atoms with Crippen molar-refractivity contribution in [3.05, 3.63) is 116 Å². The molecule has 1 heterocycles. The van der Waals surface area contributed by atoms with Crippen LogP contribution in [-0.4, -0.2) is 15.9 Å². The van der Waals surface area contributed by atoms with E-state index in [1.807, 2.05) is 30.3 Å². The Labute approximate surface area is 209 Å². The van der Waals surface area contributed by atoms with E-state index >= 15 is 0 Å². The largest absolute Gasteiger partial charge is 0.488 e. The quantitative estimate of drug-likeness (QED) is 0.236. The zero-order chi connectivity index (χ0) is 23.7. The van der Waals surface area contributed by atoms with Crippen LogP contribution in [0.25, 0.3) is 21.7 Å². The first kappa shape index (κ1) is 22.3. The zero-order valence-corrected chi connectivity index (χ0v) is 20.5. The minimum atomic E-state index is -0.250. The van der Waals surface area contributed by atoms with Crippen molar-refractivity contribution in [2.45, 2.75) is 13.5 Å². The summed E-state index contributed by atoms with van der Waals surface area (Å²) in [5, 5.41) is 7.75. The van der Waals surface area contributed by atoms with Crippen molar-refractivity contribution in [3.8, 4) is 5.75 Å². The number of rotatable bonds is 5. The Kier molecular flexibility index (Phi) is 6.18. The third kappa shape index (κ3) is 4.47. The summed E-state index contributed by atoms with van der Waals surface area (Å²) in [6, 6.07) is 25.1. The highest BCUT2D eigenvalue weighted by Crippen LogP contribution is 2.25. The second-order valence-corrected chi connectivity index (χ2v) is 9.14. The monoisotopic (exact) mass is 531 g/mol. The number of halogens is 2. The standard InChI is InChI=1S/C27H19BrClN3O2/c1-17-31-25-11-9-21(28)14-24(25)27(33)32(17)30-15-20-13-22(29)10-12-26(20)34-16-19-7-4-6-18-5-2-3-8-23(18)19/h2-15H,16H2,1H3. The van der Waals surface area contributed by atoms with Crippen molar-refractivity contribution in [2.24, 2.45) is 5.10 Å². The number of aromatic nitrogens is 2.